The molecule has 0 aliphatic heterocycles. The summed E-state index contributed by atoms with van der Waals surface area (Å²) in [6.07, 6.45) is 0. The lowest BCUT2D eigenvalue weighted by Crippen LogP contribution is -2.14. The van der Waals surface area contributed by atoms with Crippen molar-refractivity contribution in [1.29, 1.82) is 0 Å². The van der Waals surface area contributed by atoms with E-state index < -0.39 is 0 Å². The highest BCUT2D eigenvalue weighted by molar-refractivity contribution is 6.27. The second-order valence-corrected chi connectivity index (χ2v) is 18.0. The Labute approximate surface area is 383 Å². The third-order valence-electron chi connectivity index (χ3n) is 13.8. The SMILES string of the molecule is CC1(C)c2ccccc2-c2ccc(-c3cc(-c4ccc(-c5ccc6c(c5)nc(-c5ccccc5)c5ccc7c8ccccc8n(-c8ccccc8)c7c56)cc4)nc(-c4ccccc4)n3)cc21. The number of hydrogen-bond donors (Lipinski definition) is 0. The predicted molar refractivity (Wildman–Crippen MR) is 274 cm³/mol. The van der Waals surface area contributed by atoms with E-state index in [0.29, 0.717) is 5.82 Å². The van der Waals surface area contributed by atoms with Gasteiger partial charge in [0, 0.05) is 60.3 Å². The maximum absolute atomic E-state index is 5.48. The fraction of sp³-hybridized carbons (Fsp3) is 0.0484. The summed E-state index contributed by atoms with van der Waals surface area (Å²) >= 11 is 0. The molecule has 1 aliphatic rings. The summed E-state index contributed by atoms with van der Waals surface area (Å²) in [6, 6.07) is 78.2. The van der Waals surface area contributed by atoms with Gasteiger partial charge in [0.2, 0.25) is 0 Å². The van der Waals surface area contributed by atoms with Crippen LogP contribution in [-0.4, -0.2) is 19.5 Å². The second kappa shape index (κ2) is 14.8. The van der Waals surface area contributed by atoms with Gasteiger partial charge in [0.1, 0.15) is 0 Å². The van der Waals surface area contributed by atoms with E-state index in [9.17, 15) is 0 Å². The van der Waals surface area contributed by atoms with Gasteiger partial charge in [0.05, 0.1) is 33.6 Å². The molecule has 1 aliphatic carbocycles. The minimum Gasteiger partial charge on any atom is -0.309 e. The van der Waals surface area contributed by atoms with E-state index in [1.165, 1.54) is 49.4 Å². The lowest BCUT2D eigenvalue weighted by molar-refractivity contribution is 0.660. The Bertz CT molecular complexity index is 3870. The van der Waals surface area contributed by atoms with Crippen molar-refractivity contribution in [1.82, 2.24) is 19.5 Å². The molecule has 0 bridgehead atoms. The molecule has 0 saturated heterocycles. The van der Waals surface area contributed by atoms with Crippen molar-refractivity contribution >= 4 is 43.5 Å². The Balaban J connectivity index is 0.950. The van der Waals surface area contributed by atoms with Crippen LogP contribution in [0.3, 0.4) is 0 Å². The first-order chi connectivity index (χ1) is 32.5. The molecule has 0 radical (unpaired) electrons. The van der Waals surface area contributed by atoms with Gasteiger partial charge in [-0.2, -0.15) is 0 Å². The Morgan fingerprint density at radius 1 is 0.379 bits per heavy atom. The second-order valence-electron chi connectivity index (χ2n) is 18.0. The fourth-order valence-electron chi connectivity index (χ4n) is 10.5. The van der Waals surface area contributed by atoms with E-state index in [2.05, 4.69) is 219 Å². The fourth-order valence-corrected chi connectivity index (χ4v) is 10.5. The molecule has 4 nitrogen and oxygen atoms in total. The molecule has 0 amide bonds. The summed E-state index contributed by atoms with van der Waals surface area (Å²) < 4.78 is 2.43. The molecule has 13 rings (SSSR count). The standard InChI is InChI=1S/C62H42N4/c1-62(2)52-24-14-12-22-46(52)47-32-31-44(36-53(47)62)55-38-54(64-61(65-55)42-18-8-4-9-19-42)40-28-26-39(27-29-40)43-30-33-50-56(37-43)63-59(41-16-6-3-7-17-41)51-35-34-49-48-23-13-15-25-57(48)66(60(49)58(50)51)45-20-10-5-11-21-45/h3-38H,1-2H3. The Hall–Kier alpha value is -8.47. The van der Waals surface area contributed by atoms with Crippen LogP contribution in [0.2, 0.25) is 0 Å². The van der Waals surface area contributed by atoms with Gasteiger partial charge in [-0.3, -0.25) is 0 Å². The highest BCUT2D eigenvalue weighted by atomic mass is 15.0. The van der Waals surface area contributed by atoms with Crippen LogP contribution in [0.5, 0.6) is 0 Å². The number of rotatable bonds is 6. The molecular formula is C62H42N4. The van der Waals surface area contributed by atoms with Gasteiger partial charge in [-0.05, 0) is 69.8 Å². The quantitative estimate of drug-likeness (QED) is 0.157. The first kappa shape index (κ1) is 38.0. The largest absolute Gasteiger partial charge is 0.309 e. The highest BCUT2D eigenvalue weighted by Crippen LogP contribution is 2.50. The zero-order valence-corrected chi connectivity index (χ0v) is 36.6. The van der Waals surface area contributed by atoms with Gasteiger partial charge >= 0.3 is 0 Å². The van der Waals surface area contributed by atoms with Gasteiger partial charge in [-0.25, -0.2) is 15.0 Å². The van der Waals surface area contributed by atoms with E-state index in [0.717, 1.165) is 72.4 Å². The molecule has 9 aromatic carbocycles. The molecule has 66 heavy (non-hydrogen) atoms. The average Bonchev–Trinajstić information content (AvgIpc) is 3.84. The van der Waals surface area contributed by atoms with Gasteiger partial charge in [0.25, 0.3) is 0 Å². The Kier molecular flexibility index (Phi) is 8.53. The molecule has 3 aromatic heterocycles. The number of fused-ring (bicyclic) bond motifs is 10. The van der Waals surface area contributed by atoms with Gasteiger partial charge in [-0.1, -0.05) is 196 Å². The zero-order chi connectivity index (χ0) is 43.9. The number of benzene rings is 9. The molecule has 0 spiro atoms. The van der Waals surface area contributed by atoms with Crippen LogP contribution < -0.4 is 0 Å². The van der Waals surface area contributed by atoms with Gasteiger partial charge in [0.15, 0.2) is 5.82 Å². The molecule has 0 atom stereocenters. The third-order valence-corrected chi connectivity index (χ3v) is 13.8. The van der Waals surface area contributed by atoms with Crippen molar-refractivity contribution in [2.75, 3.05) is 0 Å². The first-order valence-electron chi connectivity index (χ1n) is 22.7. The topological polar surface area (TPSA) is 43.6 Å². The number of hydrogen-bond acceptors (Lipinski definition) is 3. The average molecular weight is 843 g/mol. The van der Waals surface area contributed by atoms with Gasteiger partial charge in [-0.15, -0.1) is 0 Å². The summed E-state index contributed by atoms with van der Waals surface area (Å²) in [4.78, 5) is 15.9. The molecule has 310 valence electrons. The Morgan fingerprint density at radius 3 is 1.76 bits per heavy atom. The van der Waals surface area contributed by atoms with Crippen LogP contribution in [0.15, 0.2) is 218 Å². The minimum atomic E-state index is -0.112. The maximum Gasteiger partial charge on any atom is 0.160 e. The number of pyridine rings is 1. The van der Waals surface area contributed by atoms with Crippen molar-refractivity contribution in [2.45, 2.75) is 19.3 Å². The van der Waals surface area contributed by atoms with Crippen LogP contribution in [0, 0.1) is 0 Å². The van der Waals surface area contributed by atoms with Crippen LogP contribution in [0.25, 0.3) is 117 Å². The van der Waals surface area contributed by atoms with Crippen molar-refractivity contribution in [3.8, 4) is 73.1 Å². The van der Waals surface area contributed by atoms with Crippen molar-refractivity contribution in [2.24, 2.45) is 0 Å². The van der Waals surface area contributed by atoms with E-state index in [1.54, 1.807) is 0 Å². The summed E-state index contributed by atoms with van der Waals surface area (Å²) in [7, 11) is 0. The molecule has 12 aromatic rings. The van der Waals surface area contributed by atoms with Crippen molar-refractivity contribution in [3.05, 3.63) is 230 Å². The van der Waals surface area contributed by atoms with E-state index in [4.69, 9.17) is 15.0 Å². The molecule has 4 heteroatoms. The summed E-state index contributed by atoms with van der Waals surface area (Å²) in [5, 5.41) is 5.91. The molecule has 0 fully saturated rings. The Morgan fingerprint density at radius 2 is 0.970 bits per heavy atom. The number of aromatic nitrogens is 4. The third kappa shape index (κ3) is 5.95. The predicted octanol–water partition coefficient (Wildman–Crippen LogP) is 15.9. The normalized spacial score (nSPS) is 12.8. The van der Waals surface area contributed by atoms with Crippen LogP contribution in [0.1, 0.15) is 25.0 Å². The number of nitrogens with zero attached hydrogens (tertiary/aromatic N) is 4. The molecule has 0 unspecified atom stereocenters. The molecule has 0 saturated carbocycles. The lowest BCUT2D eigenvalue weighted by Gasteiger charge is -2.22. The first-order valence-corrected chi connectivity index (χ1v) is 22.7. The number of para-hydroxylation sites is 2. The van der Waals surface area contributed by atoms with Crippen LogP contribution in [0.4, 0.5) is 0 Å². The van der Waals surface area contributed by atoms with E-state index >= 15 is 0 Å². The van der Waals surface area contributed by atoms with E-state index in [1.807, 2.05) is 18.2 Å². The van der Waals surface area contributed by atoms with Crippen LogP contribution in [-0.2, 0) is 5.41 Å². The summed E-state index contributed by atoms with van der Waals surface area (Å²) in [5.41, 5.74) is 18.8. The van der Waals surface area contributed by atoms with Crippen molar-refractivity contribution < 1.29 is 0 Å². The minimum absolute atomic E-state index is 0.112. The monoisotopic (exact) mass is 842 g/mol. The highest BCUT2D eigenvalue weighted by Gasteiger charge is 2.35. The van der Waals surface area contributed by atoms with Crippen molar-refractivity contribution in [3.63, 3.8) is 0 Å². The molecule has 3 heterocycles. The van der Waals surface area contributed by atoms with Crippen LogP contribution >= 0.6 is 0 Å². The molecular weight excluding hydrogens is 801 g/mol. The zero-order valence-electron chi connectivity index (χ0n) is 36.6. The lowest BCUT2D eigenvalue weighted by atomic mass is 9.82. The smallest absolute Gasteiger partial charge is 0.160 e. The summed E-state index contributed by atoms with van der Waals surface area (Å²) in [5.74, 6) is 0.706. The maximum atomic E-state index is 5.48. The van der Waals surface area contributed by atoms with Gasteiger partial charge < -0.3 is 4.57 Å². The molecule has 0 N–H and O–H groups in total. The summed E-state index contributed by atoms with van der Waals surface area (Å²) in [6.45, 7) is 4.65. The van der Waals surface area contributed by atoms with E-state index in [-0.39, 0.29) is 5.41 Å².